The Bertz CT molecular complexity index is 1260. The summed E-state index contributed by atoms with van der Waals surface area (Å²) < 4.78 is 22.8. The van der Waals surface area contributed by atoms with E-state index in [1.165, 1.54) is 4.57 Å². The van der Waals surface area contributed by atoms with Crippen molar-refractivity contribution >= 4 is 32.6 Å². The molecule has 178 valence electrons. The molecule has 1 unspecified atom stereocenters. The lowest BCUT2D eigenvalue weighted by molar-refractivity contribution is -0.120. The summed E-state index contributed by atoms with van der Waals surface area (Å²) in [6.45, 7) is 6.12. The normalized spacial score (nSPS) is 13.3. The van der Waals surface area contributed by atoms with Crippen LogP contribution in [0.2, 0.25) is 0 Å². The van der Waals surface area contributed by atoms with Gasteiger partial charge in [0.05, 0.1) is 6.54 Å². The number of nitrogens with zero attached hydrogens (tertiary/aromatic N) is 3. The molecule has 0 saturated heterocycles. The molecule has 1 aromatic carbocycles. The van der Waals surface area contributed by atoms with Crippen molar-refractivity contribution in [1.29, 1.82) is 4.78 Å². The van der Waals surface area contributed by atoms with Gasteiger partial charge in [0.15, 0.2) is 11.5 Å². The molecular weight excluding hydrogens is 440 g/mol. The fraction of sp³-hybridized carbons (Fsp3) is 0.478. The minimum atomic E-state index is -3.28. The summed E-state index contributed by atoms with van der Waals surface area (Å²) in [6, 6.07) is 9.42. The molecule has 1 amide bonds. The molecule has 3 rings (SSSR count). The van der Waals surface area contributed by atoms with Crippen molar-refractivity contribution in [3.05, 3.63) is 46.4 Å². The van der Waals surface area contributed by atoms with Crippen LogP contribution in [0.15, 0.2) is 40.3 Å². The van der Waals surface area contributed by atoms with Gasteiger partial charge in [0, 0.05) is 11.7 Å². The number of carbonyl (C=O) groups excluding carboxylic acids is 1. The van der Waals surface area contributed by atoms with Crippen LogP contribution in [0.3, 0.4) is 0 Å². The molecule has 0 aliphatic rings. The number of aromatic nitrogens is 4. The molecule has 0 radical (unpaired) electrons. The van der Waals surface area contributed by atoms with Crippen molar-refractivity contribution in [1.82, 2.24) is 19.5 Å². The monoisotopic (exact) mass is 472 g/mol. The van der Waals surface area contributed by atoms with Crippen LogP contribution in [-0.2, 0) is 21.1 Å². The lowest BCUT2D eigenvalue weighted by Crippen LogP contribution is -2.24. The number of nitrogens with one attached hydrogen (secondary N) is 3. The van der Waals surface area contributed by atoms with Gasteiger partial charge in [-0.1, -0.05) is 63.9 Å². The lowest BCUT2D eigenvalue weighted by Gasteiger charge is -2.16. The first-order valence-corrected chi connectivity index (χ1v) is 13.1. The molecule has 0 aliphatic carbocycles. The van der Waals surface area contributed by atoms with E-state index < -0.39 is 15.4 Å². The fourth-order valence-electron chi connectivity index (χ4n) is 3.86. The van der Waals surface area contributed by atoms with Crippen LogP contribution in [0.1, 0.15) is 58.4 Å². The van der Waals surface area contributed by atoms with E-state index in [2.05, 4.69) is 20.3 Å². The standard InChI is InChI=1S/C23H32N6O3S/c1-4-10-17(11-5-2)21(30)26-19-18-20(28-22(27-19)33(24,32)14-6-3)29(23(31)25-18)15-16-12-8-7-9-13-16/h7-9,12-13,17,24H,4-6,10-11,14-15H2,1-3H3,(H,25,31)(H,26,27,28,30). The Morgan fingerprint density at radius 3 is 2.39 bits per heavy atom. The zero-order chi connectivity index (χ0) is 24.0. The van der Waals surface area contributed by atoms with Crippen molar-refractivity contribution in [2.45, 2.75) is 64.6 Å². The summed E-state index contributed by atoms with van der Waals surface area (Å²) in [6.07, 6.45) is 3.72. The molecule has 0 saturated carbocycles. The zero-order valence-corrected chi connectivity index (χ0v) is 20.2. The lowest BCUT2D eigenvalue weighted by atomic mass is 9.97. The predicted molar refractivity (Wildman–Crippen MR) is 130 cm³/mol. The Morgan fingerprint density at radius 2 is 1.79 bits per heavy atom. The van der Waals surface area contributed by atoms with E-state index in [0.717, 1.165) is 31.2 Å². The number of fused-ring (bicyclic) bond motifs is 1. The van der Waals surface area contributed by atoms with Crippen LogP contribution >= 0.6 is 0 Å². The van der Waals surface area contributed by atoms with Crippen molar-refractivity contribution in [3.8, 4) is 0 Å². The largest absolute Gasteiger partial charge is 0.328 e. The Hall–Kier alpha value is -3.01. The van der Waals surface area contributed by atoms with Crippen LogP contribution in [0.25, 0.3) is 11.2 Å². The summed E-state index contributed by atoms with van der Waals surface area (Å²) in [5.41, 5.74) is 0.966. The van der Waals surface area contributed by atoms with Crippen LogP contribution in [0, 0.1) is 10.7 Å². The van der Waals surface area contributed by atoms with Crippen LogP contribution in [0.4, 0.5) is 5.82 Å². The van der Waals surface area contributed by atoms with Crippen molar-refractivity contribution in [2.24, 2.45) is 5.92 Å². The number of aromatic amines is 1. The molecule has 0 spiro atoms. The highest BCUT2D eigenvalue weighted by atomic mass is 32.2. The van der Waals surface area contributed by atoms with Crippen LogP contribution < -0.4 is 11.0 Å². The maximum Gasteiger partial charge on any atom is 0.328 e. The Morgan fingerprint density at radius 1 is 1.12 bits per heavy atom. The smallest absolute Gasteiger partial charge is 0.309 e. The highest BCUT2D eigenvalue weighted by molar-refractivity contribution is 7.92. The number of hydrogen-bond donors (Lipinski definition) is 3. The third kappa shape index (κ3) is 5.68. The van der Waals surface area contributed by atoms with Gasteiger partial charge in [-0.2, -0.15) is 9.97 Å². The maximum atomic E-state index is 13.0. The molecule has 33 heavy (non-hydrogen) atoms. The van der Waals surface area contributed by atoms with Gasteiger partial charge in [0.25, 0.3) is 0 Å². The fourth-order valence-corrected chi connectivity index (χ4v) is 5.09. The van der Waals surface area contributed by atoms with Crippen molar-refractivity contribution in [3.63, 3.8) is 0 Å². The molecule has 0 fully saturated rings. The van der Waals surface area contributed by atoms with Gasteiger partial charge >= 0.3 is 5.69 Å². The number of hydrogen-bond acceptors (Lipinski definition) is 6. The zero-order valence-electron chi connectivity index (χ0n) is 19.4. The first-order chi connectivity index (χ1) is 15.8. The van der Waals surface area contributed by atoms with E-state index in [1.807, 2.05) is 51.1 Å². The molecule has 10 heteroatoms. The highest BCUT2D eigenvalue weighted by Gasteiger charge is 2.24. The SMILES string of the molecule is CCCC(CCC)C(=O)Nc1nc(S(=N)(=O)CCC)nc2c1[nH]c(=O)n2Cc1ccccc1. The molecule has 0 bridgehead atoms. The Labute approximate surface area is 194 Å². The average molecular weight is 473 g/mol. The van der Waals surface area contributed by atoms with Crippen LogP contribution in [0.5, 0.6) is 0 Å². The van der Waals surface area contributed by atoms with E-state index >= 15 is 0 Å². The van der Waals surface area contributed by atoms with Gasteiger partial charge in [-0.15, -0.1) is 0 Å². The Kier molecular flexibility index (Phi) is 8.01. The average Bonchev–Trinajstić information content (AvgIpc) is 3.10. The highest BCUT2D eigenvalue weighted by Crippen LogP contribution is 2.23. The summed E-state index contributed by atoms with van der Waals surface area (Å²) in [7, 11) is -3.28. The van der Waals surface area contributed by atoms with Gasteiger partial charge < -0.3 is 10.3 Å². The van der Waals surface area contributed by atoms with E-state index in [4.69, 9.17) is 4.78 Å². The first kappa shape index (κ1) is 24.6. The van der Waals surface area contributed by atoms with Gasteiger partial charge in [-0.3, -0.25) is 9.36 Å². The summed E-state index contributed by atoms with van der Waals surface area (Å²) in [5, 5.41) is 2.66. The summed E-state index contributed by atoms with van der Waals surface area (Å²) >= 11 is 0. The minimum Gasteiger partial charge on any atom is -0.309 e. The maximum absolute atomic E-state index is 13.0. The molecule has 3 N–H and O–H groups in total. The van der Waals surface area contributed by atoms with Gasteiger partial charge in [0.2, 0.25) is 11.1 Å². The number of rotatable bonds is 11. The number of benzene rings is 1. The number of amides is 1. The molecular formula is C23H32N6O3S. The van der Waals surface area contributed by atoms with E-state index in [1.54, 1.807) is 0 Å². The predicted octanol–water partition coefficient (Wildman–Crippen LogP) is 4.14. The second-order valence-corrected chi connectivity index (χ2v) is 10.3. The van der Waals surface area contributed by atoms with E-state index in [0.29, 0.717) is 6.42 Å². The molecule has 2 heterocycles. The van der Waals surface area contributed by atoms with Gasteiger partial charge in [-0.25, -0.2) is 13.8 Å². The summed E-state index contributed by atoms with van der Waals surface area (Å²) in [5.74, 6) is -0.207. The molecule has 1 atom stereocenters. The molecule has 0 aliphatic heterocycles. The second kappa shape index (κ2) is 10.7. The third-order valence-corrected chi connectivity index (χ3v) is 7.21. The third-order valence-electron chi connectivity index (χ3n) is 5.46. The second-order valence-electron chi connectivity index (χ2n) is 8.20. The summed E-state index contributed by atoms with van der Waals surface area (Å²) in [4.78, 5) is 37.3. The molecule has 3 aromatic rings. The van der Waals surface area contributed by atoms with Gasteiger partial charge in [0.1, 0.15) is 15.2 Å². The van der Waals surface area contributed by atoms with Crippen molar-refractivity contribution < 1.29 is 9.00 Å². The van der Waals surface area contributed by atoms with Gasteiger partial charge in [-0.05, 0) is 24.8 Å². The topological polar surface area (TPSA) is 134 Å². The number of anilines is 1. The van der Waals surface area contributed by atoms with E-state index in [9.17, 15) is 13.8 Å². The number of carbonyl (C=O) groups is 1. The number of imidazole rings is 1. The number of H-pyrrole nitrogens is 1. The molecule has 2 aromatic heterocycles. The minimum absolute atomic E-state index is 0.0908. The van der Waals surface area contributed by atoms with Crippen LogP contribution in [-0.4, -0.2) is 35.4 Å². The first-order valence-electron chi connectivity index (χ1n) is 11.4. The van der Waals surface area contributed by atoms with E-state index in [-0.39, 0.29) is 46.3 Å². The Balaban J connectivity index is 2.14. The van der Waals surface area contributed by atoms with Crippen molar-refractivity contribution in [2.75, 3.05) is 11.1 Å². The quantitative estimate of drug-likeness (QED) is 0.361. The molecule has 9 nitrogen and oxygen atoms in total.